The minimum atomic E-state index is -2.20. The molecule has 0 amide bonds. The van der Waals surface area contributed by atoms with E-state index in [4.69, 9.17) is 8.85 Å². The first kappa shape index (κ1) is 32.2. The number of anilines is 1. The van der Waals surface area contributed by atoms with Gasteiger partial charge < -0.3 is 19.3 Å². The number of rotatable bonds is 8. The number of aliphatic hydroxyl groups excluding tert-OH is 1. The van der Waals surface area contributed by atoms with Crippen LogP contribution in [0, 0.1) is 0 Å². The summed E-state index contributed by atoms with van der Waals surface area (Å²) in [5.74, 6) is 1.64. The molecule has 0 saturated heterocycles. The standard InChI is InChI=1S/C34H53NO3Si2/c1-15-17-26(36)30-24(20-21-25-29(30)23(2)22-34(9,10)35-25)31-27(37-39(11,12)32(3,4)5)18-16-19-28(31)38-40(13,14)33(6,7)8/h15-16,18-22,26,35-36H,1,17H2,2-14H3. The Kier molecular flexibility index (Phi) is 8.74. The first-order valence-electron chi connectivity index (χ1n) is 14.6. The van der Waals surface area contributed by atoms with Crippen LogP contribution in [0.4, 0.5) is 5.69 Å². The Morgan fingerprint density at radius 1 is 0.900 bits per heavy atom. The largest absolute Gasteiger partial charge is 0.543 e. The molecule has 1 aliphatic rings. The number of aliphatic hydroxyl groups is 1. The third kappa shape index (κ3) is 6.45. The third-order valence-electron chi connectivity index (χ3n) is 9.00. The van der Waals surface area contributed by atoms with Gasteiger partial charge in [0.25, 0.3) is 16.6 Å². The molecule has 0 spiro atoms. The molecule has 1 unspecified atom stereocenters. The SMILES string of the molecule is C=CCC(O)c1c(-c2c(O[Si](C)(C)C(C)(C)C)cccc2O[Si](C)(C)C(C)(C)C)ccc2c1C(C)=CC(C)(C)N2. The monoisotopic (exact) mass is 579 g/mol. The van der Waals surface area contributed by atoms with Gasteiger partial charge in [0.1, 0.15) is 11.5 Å². The summed E-state index contributed by atoms with van der Waals surface area (Å²) in [6.07, 6.45) is 3.76. The van der Waals surface area contributed by atoms with Gasteiger partial charge in [0.2, 0.25) is 0 Å². The topological polar surface area (TPSA) is 50.7 Å². The minimum Gasteiger partial charge on any atom is -0.543 e. The molecule has 1 aliphatic heterocycles. The summed E-state index contributed by atoms with van der Waals surface area (Å²) in [6, 6.07) is 10.5. The van der Waals surface area contributed by atoms with E-state index in [-0.39, 0.29) is 15.6 Å². The maximum Gasteiger partial charge on any atom is 0.250 e. The Bertz CT molecular complexity index is 1250. The molecular formula is C34H53NO3Si2. The zero-order valence-electron chi connectivity index (χ0n) is 27.3. The quantitative estimate of drug-likeness (QED) is 0.241. The minimum absolute atomic E-state index is 0.0242. The average molecular weight is 580 g/mol. The lowest BCUT2D eigenvalue weighted by molar-refractivity contribution is 0.182. The highest BCUT2D eigenvalue weighted by molar-refractivity contribution is 6.75. The lowest BCUT2D eigenvalue weighted by atomic mass is 9.82. The number of allylic oxidation sites excluding steroid dienone is 1. The van der Waals surface area contributed by atoms with Gasteiger partial charge in [-0.05, 0) is 98.4 Å². The molecule has 220 valence electrons. The van der Waals surface area contributed by atoms with Crippen molar-refractivity contribution in [2.75, 3.05) is 5.32 Å². The number of fused-ring (bicyclic) bond motifs is 1. The Morgan fingerprint density at radius 3 is 1.85 bits per heavy atom. The highest BCUT2D eigenvalue weighted by Gasteiger charge is 2.42. The van der Waals surface area contributed by atoms with Gasteiger partial charge >= 0.3 is 0 Å². The van der Waals surface area contributed by atoms with Gasteiger partial charge in [0.05, 0.1) is 17.2 Å². The van der Waals surface area contributed by atoms with E-state index < -0.39 is 22.7 Å². The number of nitrogens with one attached hydrogen (secondary N) is 1. The van der Waals surface area contributed by atoms with Crippen molar-refractivity contribution in [2.45, 2.75) is 117 Å². The summed E-state index contributed by atoms with van der Waals surface area (Å²) in [5, 5.41) is 15.4. The second-order valence-corrected chi connectivity index (χ2v) is 24.5. The molecule has 1 atom stereocenters. The van der Waals surface area contributed by atoms with Crippen molar-refractivity contribution in [1.29, 1.82) is 0 Å². The van der Waals surface area contributed by atoms with Gasteiger partial charge in [0.15, 0.2) is 0 Å². The number of benzene rings is 2. The Morgan fingerprint density at radius 2 is 1.40 bits per heavy atom. The normalized spacial score (nSPS) is 16.4. The lowest BCUT2D eigenvalue weighted by Gasteiger charge is -2.40. The van der Waals surface area contributed by atoms with Crippen molar-refractivity contribution in [1.82, 2.24) is 0 Å². The molecule has 4 nitrogen and oxygen atoms in total. The molecule has 40 heavy (non-hydrogen) atoms. The van der Waals surface area contributed by atoms with Crippen LogP contribution in [-0.2, 0) is 0 Å². The molecule has 3 rings (SSSR count). The smallest absolute Gasteiger partial charge is 0.250 e. The maximum atomic E-state index is 11.7. The second kappa shape index (κ2) is 10.8. The summed E-state index contributed by atoms with van der Waals surface area (Å²) < 4.78 is 14.1. The molecule has 6 heteroatoms. The molecule has 2 aromatic rings. The fraction of sp³-hybridized carbons (Fsp3) is 0.529. The van der Waals surface area contributed by atoms with E-state index in [0.29, 0.717) is 6.42 Å². The average Bonchev–Trinajstić information content (AvgIpc) is 2.76. The van der Waals surface area contributed by atoms with Gasteiger partial charge in [-0.15, -0.1) is 6.58 Å². The van der Waals surface area contributed by atoms with E-state index in [2.05, 4.69) is 131 Å². The van der Waals surface area contributed by atoms with E-state index in [0.717, 1.165) is 45.0 Å². The van der Waals surface area contributed by atoms with E-state index >= 15 is 0 Å². The van der Waals surface area contributed by atoms with E-state index in [9.17, 15) is 5.11 Å². The third-order valence-corrected chi connectivity index (χ3v) is 17.7. The summed E-state index contributed by atoms with van der Waals surface area (Å²) in [4.78, 5) is 0. The van der Waals surface area contributed by atoms with Crippen LogP contribution in [0.3, 0.4) is 0 Å². The summed E-state index contributed by atoms with van der Waals surface area (Å²) in [7, 11) is -4.39. The fourth-order valence-electron chi connectivity index (χ4n) is 4.79. The highest BCUT2D eigenvalue weighted by atomic mass is 28.4. The highest BCUT2D eigenvalue weighted by Crippen LogP contribution is 2.51. The molecule has 0 fully saturated rings. The zero-order valence-corrected chi connectivity index (χ0v) is 29.3. The van der Waals surface area contributed by atoms with Crippen molar-refractivity contribution in [3.63, 3.8) is 0 Å². The van der Waals surface area contributed by atoms with Gasteiger partial charge in [-0.2, -0.15) is 0 Å². The molecular weight excluding hydrogens is 527 g/mol. The predicted octanol–water partition coefficient (Wildman–Crippen LogP) is 10.3. The van der Waals surface area contributed by atoms with Gasteiger partial charge in [-0.1, -0.05) is 65.8 Å². The molecule has 0 aliphatic carbocycles. The van der Waals surface area contributed by atoms with Gasteiger partial charge in [-0.25, -0.2) is 0 Å². The molecule has 0 saturated carbocycles. The summed E-state index contributed by atoms with van der Waals surface area (Å²) >= 11 is 0. The van der Waals surface area contributed by atoms with Crippen LogP contribution in [-0.4, -0.2) is 27.3 Å². The van der Waals surface area contributed by atoms with Gasteiger partial charge in [-0.3, -0.25) is 0 Å². The Hall–Kier alpha value is -2.29. The number of hydrogen-bond donors (Lipinski definition) is 2. The molecule has 0 radical (unpaired) electrons. The molecule has 2 aromatic carbocycles. The van der Waals surface area contributed by atoms with Crippen LogP contribution in [0.15, 0.2) is 49.1 Å². The van der Waals surface area contributed by atoms with Crippen LogP contribution >= 0.6 is 0 Å². The first-order chi connectivity index (χ1) is 18.1. The van der Waals surface area contributed by atoms with E-state index in [1.807, 2.05) is 6.07 Å². The summed E-state index contributed by atoms with van der Waals surface area (Å²) in [5.41, 5.74) is 5.81. The van der Waals surface area contributed by atoms with E-state index in [1.165, 1.54) is 0 Å². The van der Waals surface area contributed by atoms with Crippen LogP contribution in [0.2, 0.25) is 36.3 Å². The molecule has 0 aromatic heterocycles. The van der Waals surface area contributed by atoms with Crippen molar-refractivity contribution in [2.24, 2.45) is 0 Å². The van der Waals surface area contributed by atoms with Gasteiger partial charge in [0, 0.05) is 11.3 Å². The van der Waals surface area contributed by atoms with E-state index in [1.54, 1.807) is 6.08 Å². The Balaban J connectivity index is 2.43. The van der Waals surface area contributed by atoms with Crippen LogP contribution in [0.1, 0.15) is 86.0 Å². The van der Waals surface area contributed by atoms with Crippen LogP contribution in [0.25, 0.3) is 16.7 Å². The van der Waals surface area contributed by atoms with Crippen LogP contribution in [0.5, 0.6) is 11.5 Å². The first-order valence-corrected chi connectivity index (χ1v) is 20.4. The van der Waals surface area contributed by atoms with Crippen LogP contribution < -0.4 is 14.2 Å². The zero-order chi connectivity index (χ0) is 30.5. The molecule has 1 heterocycles. The number of hydrogen-bond acceptors (Lipinski definition) is 4. The second-order valence-electron chi connectivity index (χ2n) is 15.0. The van der Waals surface area contributed by atoms with Crippen molar-refractivity contribution in [3.05, 3.63) is 60.2 Å². The Labute approximate surface area is 246 Å². The lowest BCUT2D eigenvalue weighted by Crippen LogP contribution is -2.44. The summed E-state index contributed by atoms with van der Waals surface area (Å²) in [6.45, 7) is 33.1. The molecule has 2 N–H and O–H groups in total. The van der Waals surface area contributed by atoms with Crippen molar-refractivity contribution < 1.29 is 14.0 Å². The molecule has 0 bridgehead atoms. The van der Waals surface area contributed by atoms with Crippen molar-refractivity contribution >= 4 is 27.9 Å². The maximum absolute atomic E-state index is 11.7. The predicted molar refractivity (Wildman–Crippen MR) is 179 cm³/mol. The fourth-order valence-corrected chi connectivity index (χ4v) is 6.84. The van der Waals surface area contributed by atoms with Crippen molar-refractivity contribution in [3.8, 4) is 22.6 Å².